The van der Waals surface area contributed by atoms with Crippen molar-refractivity contribution in [3.05, 3.63) is 324 Å². The summed E-state index contributed by atoms with van der Waals surface area (Å²) in [6, 6.07) is 94.0. The number of Topliss-reactive ketones (excluding diaryl/α,β-unsaturated/α-hetero) is 2. The van der Waals surface area contributed by atoms with Crippen molar-refractivity contribution in [1.82, 2.24) is 0 Å². The highest BCUT2D eigenvalue weighted by molar-refractivity contribution is 7.02. The Balaban J connectivity index is 0.879. The minimum absolute atomic E-state index is 0.0146. The number of esters is 2. The van der Waals surface area contributed by atoms with Crippen LogP contribution in [-0.2, 0) is 35.5 Å². The standard InChI is InChI=1S/C84H54B2N2O6/c89-75(55-23-11-3-12-24-55)42-53-31-37-67-71(40-53)87(61-27-15-5-16-28-61)74-48-60(84(92)94-50-52-21-9-2-10-22-52)44-66-64-36-33-58-45-69-79-63(35-32-57-46-70(85(67)82(66)74)80(64)78(58)77(57)79)65-39-54(43-76(90)56-25-13-4-14-26-56)41-73-81(65)86(69)68-38-34-59(83(91)93-49-51-19-7-1-8-20-51)47-72(68)88(73)62-29-17-6-18-30-62/h1-41,44-48H,42-43,49-50H2. The van der Waals surface area contributed by atoms with E-state index >= 15 is 0 Å². The van der Waals surface area contributed by atoms with Gasteiger partial charge in [-0.3, -0.25) is 9.59 Å². The molecule has 10 heteroatoms. The van der Waals surface area contributed by atoms with Crippen molar-refractivity contribution >= 4 is 136 Å². The third-order valence-electron chi connectivity index (χ3n) is 19.6. The summed E-state index contributed by atoms with van der Waals surface area (Å²) < 4.78 is 12.3. The minimum Gasteiger partial charge on any atom is -0.457 e. The number of hydrogen-bond acceptors (Lipinski definition) is 8. The number of para-hydroxylation sites is 2. The molecule has 0 N–H and O–H groups in total. The zero-order valence-corrected chi connectivity index (χ0v) is 50.9. The Morgan fingerprint density at radius 3 is 1.23 bits per heavy atom. The number of rotatable bonds is 14. The minimum atomic E-state index is -0.432. The zero-order chi connectivity index (χ0) is 62.7. The Morgan fingerprint density at radius 1 is 0.298 bits per heavy atom. The summed E-state index contributed by atoms with van der Waals surface area (Å²) in [7, 11) is 0. The monoisotopic (exact) mass is 1210 g/mol. The maximum atomic E-state index is 14.9. The van der Waals surface area contributed by atoms with Crippen LogP contribution in [0.1, 0.15) is 63.7 Å². The summed E-state index contributed by atoms with van der Waals surface area (Å²) in [5, 5.41) is 6.67. The smallest absolute Gasteiger partial charge is 0.338 e. The first kappa shape index (κ1) is 55.0. The van der Waals surface area contributed by atoms with Gasteiger partial charge in [0.25, 0.3) is 0 Å². The van der Waals surface area contributed by atoms with Gasteiger partial charge in [-0.25, -0.2) is 9.59 Å². The van der Waals surface area contributed by atoms with Crippen molar-refractivity contribution in [2.75, 3.05) is 9.80 Å². The predicted octanol–water partition coefficient (Wildman–Crippen LogP) is 14.7. The summed E-state index contributed by atoms with van der Waals surface area (Å²) in [6.45, 7) is -0.350. The number of fused-ring (bicyclic) bond motifs is 8. The largest absolute Gasteiger partial charge is 0.457 e. The summed E-state index contributed by atoms with van der Waals surface area (Å²) in [4.78, 5) is 62.4. The zero-order valence-electron chi connectivity index (χ0n) is 50.9. The van der Waals surface area contributed by atoms with Gasteiger partial charge < -0.3 is 19.3 Å². The van der Waals surface area contributed by atoms with Gasteiger partial charge in [0.2, 0.25) is 13.4 Å². The normalized spacial score (nSPS) is 12.7. The van der Waals surface area contributed by atoms with E-state index in [1.807, 2.05) is 176 Å². The quantitative estimate of drug-likeness (QED) is 0.0460. The lowest BCUT2D eigenvalue weighted by molar-refractivity contribution is 0.0464. The molecule has 18 rings (SSSR count). The third kappa shape index (κ3) is 8.85. The molecule has 14 aromatic carbocycles. The van der Waals surface area contributed by atoms with Gasteiger partial charge in [-0.15, -0.1) is 0 Å². The number of ketones is 2. The average Bonchev–Trinajstić information content (AvgIpc) is 0.674. The molecule has 0 radical (unpaired) electrons. The van der Waals surface area contributed by atoms with E-state index in [9.17, 15) is 19.2 Å². The number of hydrogen-bond donors (Lipinski definition) is 0. The fourth-order valence-corrected chi connectivity index (χ4v) is 15.6. The van der Waals surface area contributed by atoms with Gasteiger partial charge in [0.15, 0.2) is 11.6 Å². The van der Waals surface area contributed by atoms with Crippen LogP contribution in [0.25, 0.3) is 54.6 Å². The maximum absolute atomic E-state index is 14.9. The van der Waals surface area contributed by atoms with Crippen molar-refractivity contribution in [2.24, 2.45) is 0 Å². The van der Waals surface area contributed by atoms with E-state index in [0.717, 1.165) is 144 Å². The summed E-state index contributed by atoms with van der Waals surface area (Å²) in [5.74, 6) is -0.815. The lowest BCUT2D eigenvalue weighted by atomic mass is 9.31. The Labute approximate surface area is 543 Å². The van der Waals surface area contributed by atoms with Crippen LogP contribution >= 0.6 is 0 Å². The topological polar surface area (TPSA) is 93.2 Å². The number of carbonyl (C=O) groups excluding carboxylic acids is 4. The van der Waals surface area contributed by atoms with Crippen LogP contribution in [-0.4, -0.2) is 36.9 Å². The molecule has 0 saturated heterocycles. The molecule has 0 unspecified atom stereocenters. The van der Waals surface area contributed by atoms with Gasteiger partial charge in [-0.2, -0.15) is 0 Å². The molecule has 0 saturated carbocycles. The van der Waals surface area contributed by atoms with Crippen molar-refractivity contribution < 1.29 is 28.7 Å². The Bertz CT molecular complexity index is 5480. The van der Waals surface area contributed by atoms with Crippen LogP contribution in [0.4, 0.5) is 34.1 Å². The fourth-order valence-electron chi connectivity index (χ4n) is 15.6. The molecule has 0 amide bonds. The van der Waals surface area contributed by atoms with Gasteiger partial charge in [0.1, 0.15) is 13.2 Å². The average molecular weight is 1210 g/mol. The maximum Gasteiger partial charge on any atom is 0.338 e. The van der Waals surface area contributed by atoms with Crippen LogP contribution in [0.5, 0.6) is 0 Å². The molecule has 14 aromatic rings. The van der Waals surface area contributed by atoms with Gasteiger partial charge in [-0.05, 0) is 159 Å². The molecule has 4 aliphatic rings. The van der Waals surface area contributed by atoms with Crippen LogP contribution in [0.2, 0.25) is 0 Å². The SMILES string of the molecule is O=C(Cc1ccc2c(c1)N(c1ccccc1)c1cc(C(=O)OCc3ccccc3)cc3c1B2c1cc2ccc4c5c(cc6ccc-3c1c6c25)B1c2ccc(C(=O)OCc3ccccc3)cc2N(c2ccccc2)c2cc(CC(=O)c3ccccc3)cc-4c21)c1ccccc1. The second-order valence-corrected chi connectivity index (χ2v) is 25.1. The van der Waals surface area contributed by atoms with Crippen LogP contribution in [0, 0.1) is 0 Å². The number of nitrogens with zero attached hydrogens (tertiary/aromatic N) is 2. The predicted molar refractivity (Wildman–Crippen MR) is 380 cm³/mol. The van der Waals surface area contributed by atoms with E-state index in [4.69, 9.17) is 9.47 Å². The van der Waals surface area contributed by atoms with E-state index in [0.29, 0.717) is 22.3 Å². The third-order valence-corrected chi connectivity index (χ3v) is 19.6. The Kier molecular flexibility index (Phi) is 12.8. The highest BCUT2D eigenvalue weighted by Gasteiger charge is 2.46. The molecule has 4 heterocycles. The van der Waals surface area contributed by atoms with E-state index in [1.165, 1.54) is 0 Å². The second-order valence-electron chi connectivity index (χ2n) is 25.1. The highest BCUT2D eigenvalue weighted by atomic mass is 16.5. The van der Waals surface area contributed by atoms with Crippen molar-refractivity contribution in [3.63, 3.8) is 0 Å². The molecule has 0 spiro atoms. The molecule has 4 aliphatic heterocycles. The van der Waals surface area contributed by atoms with Crippen molar-refractivity contribution in [3.8, 4) is 22.3 Å². The summed E-state index contributed by atoms with van der Waals surface area (Å²) in [5.41, 5.74) is 21.8. The second kappa shape index (κ2) is 21.9. The van der Waals surface area contributed by atoms with Gasteiger partial charge in [0.05, 0.1) is 11.1 Å². The van der Waals surface area contributed by atoms with Crippen LogP contribution in [0.3, 0.4) is 0 Å². The van der Waals surface area contributed by atoms with E-state index in [-0.39, 0.29) is 51.0 Å². The van der Waals surface area contributed by atoms with E-state index in [1.54, 1.807) is 0 Å². The molecule has 0 fully saturated rings. The number of benzene rings is 14. The molecule has 442 valence electrons. The lowest BCUT2D eigenvalue weighted by Gasteiger charge is -2.42. The number of anilines is 6. The lowest BCUT2D eigenvalue weighted by Crippen LogP contribution is -2.60. The van der Waals surface area contributed by atoms with Crippen LogP contribution < -0.4 is 42.6 Å². The number of ether oxygens (including phenoxy) is 2. The fraction of sp³-hybridized carbons (Fsp3) is 0.0476. The Morgan fingerprint density at radius 2 is 0.713 bits per heavy atom. The first-order valence-corrected chi connectivity index (χ1v) is 32.0. The van der Waals surface area contributed by atoms with Crippen LogP contribution in [0.15, 0.2) is 279 Å². The first-order chi connectivity index (χ1) is 46.3. The molecular weight excluding hydrogens is 1150 g/mol. The Hall–Kier alpha value is -11.9. The molecular formula is C84H54B2N2O6. The first-order valence-electron chi connectivity index (χ1n) is 32.0. The molecule has 8 nitrogen and oxygen atoms in total. The summed E-state index contributed by atoms with van der Waals surface area (Å²) in [6.07, 6.45) is 0.370. The summed E-state index contributed by atoms with van der Waals surface area (Å²) >= 11 is 0. The van der Waals surface area contributed by atoms with E-state index < -0.39 is 11.9 Å². The molecule has 94 heavy (non-hydrogen) atoms. The molecule has 0 bridgehead atoms. The van der Waals surface area contributed by atoms with E-state index in [2.05, 4.69) is 113 Å². The van der Waals surface area contributed by atoms with Crippen molar-refractivity contribution in [1.29, 1.82) is 0 Å². The van der Waals surface area contributed by atoms with Gasteiger partial charge in [0, 0.05) is 58.1 Å². The molecule has 0 aromatic heterocycles. The molecule has 0 aliphatic carbocycles. The highest BCUT2D eigenvalue weighted by Crippen LogP contribution is 2.49. The van der Waals surface area contributed by atoms with Gasteiger partial charge >= 0.3 is 11.9 Å². The van der Waals surface area contributed by atoms with Gasteiger partial charge in [-0.1, -0.05) is 229 Å². The molecule has 0 atom stereocenters. The number of carbonyl (C=O) groups is 4. The van der Waals surface area contributed by atoms with Crippen molar-refractivity contribution in [2.45, 2.75) is 26.1 Å².